The lowest BCUT2D eigenvalue weighted by Gasteiger charge is -2.08. The molecule has 0 bridgehead atoms. The van der Waals surface area contributed by atoms with E-state index in [0.29, 0.717) is 17.3 Å². The Morgan fingerprint density at radius 3 is 2.52 bits per heavy atom. The van der Waals surface area contributed by atoms with E-state index in [9.17, 15) is 0 Å². The van der Waals surface area contributed by atoms with Gasteiger partial charge in [-0.05, 0) is 30.7 Å². The fourth-order valence-corrected chi connectivity index (χ4v) is 3.62. The van der Waals surface area contributed by atoms with Gasteiger partial charge in [0.2, 0.25) is 4.96 Å². The van der Waals surface area contributed by atoms with Crippen molar-refractivity contribution in [1.29, 1.82) is 0 Å². The molecule has 0 aliphatic rings. The minimum Gasteiger partial charge on any atom is -0.493 e. The monoisotopic (exact) mass is 352 g/mol. The van der Waals surface area contributed by atoms with Crippen molar-refractivity contribution in [3.05, 3.63) is 48.0 Å². The van der Waals surface area contributed by atoms with Gasteiger partial charge in [0.05, 0.1) is 14.2 Å². The van der Waals surface area contributed by atoms with E-state index in [-0.39, 0.29) is 0 Å². The number of aromatic nitrogens is 4. The zero-order valence-corrected chi connectivity index (χ0v) is 14.9. The molecule has 2 aromatic carbocycles. The van der Waals surface area contributed by atoms with Gasteiger partial charge in [-0.3, -0.25) is 0 Å². The third kappa shape index (κ3) is 2.62. The number of benzene rings is 2. The maximum atomic E-state index is 5.38. The normalized spacial score (nSPS) is 11.0. The first-order chi connectivity index (χ1) is 12.2. The van der Waals surface area contributed by atoms with Gasteiger partial charge in [0, 0.05) is 11.1 Å². The summed E-state index contributed by atoms with van der Waals surface area (Å²) in [5.41, 5.74) is 3.16. The molecular formula is C18H16N4O2S. The van der Waals surface area contributed by atoms with E-state index in [1.54, 1.807) is 18.7 Å². The molecule has 0 saturated carbocycles. The summed E-state index contributed by atoms with van der Waals surface area (Å²) in [5.74, 6) is 1.99. The molecule has 0 aliphatic carbocycles. The molecule has 25 heavy (non-hydrogen) atoms. The van der Waals surface area contributed by atoms with Crippen LogP contribution in [0.15, 0.2) is 42.5 Å². The number of hydrogen-bond donors (Lipinski definition) is 0. The second-order valence-electron chi connectivity index (χ2n) is 5.51. The van der Waals surface area contributed by atoms with Crippen molar-refractivity contribution < 1.29 is 9.47 Å². The molecule has 0 spiro atoms. The number of methoxy groups -OCH3 is 2. The van der Waals surface area contributed by atoms with E-state index in [1.165, 1.54) is 16.9 Å². The van der Waals surface area contributed by atoms with Crippen LogP contribution in [-0.4, -0.2) is 34.0 Å². The van der Waals surface area contributed by atoms with Crippen LogP contribution in [0.2, 0.25) is 0 Å². The Morgan fingerprint density at radius 1 is 0.960 bits per heavy atom. The SMILES string of the molecule is COc1ccc(-c2nnc3sc(-c4ccccc4C)nn23)cc1OC. The van der Waals surface area contributed by atoms with Crippen LogP contribution in [0.25, 0.3) is 26.9 Å². The van der Waals surface area contributed by atoms with Crippen LogP contribution in [0, 0.1) is 6.92 Å². The Bertz CT molecular complexity index is 1050. The summed E-state index contributed by atoms with van der Waals surface area (Å²) in [6, 6.07) is 13.8. The number of rotatable bonds is 4. The molecule has 4 rings (SSSR count). The first-order valence-corrected chi connectivity index (χ1v) is 8.53. The molecule has 0 saturated heterocycles. The summed E-state index contributed by atoms with van der Waals surface area (Å²) in [7, 11) is 3.22. The molecule has 126 valence electrons. The lowest BCUT2D eigenvalue weighted by atomic mass is 10.1. The quantitative estimate of drug-likeness (QED) is 0.558. The van der Waals surface area contributed by atoms with Gasteiger partial charge in [0.1, 0.15) is 5.01 Å². The molecule has 0 N–H and O–H groups in total. The molecule has 2 heterocycles. The van der Waals surface area contributed by atoms with Gasteiger partial charge in [-0.25, -0.2) is 0 Å². The first kappa shape index (κ1) is 15.6. The predicted octanol–water partition coefficient (Wildman–Crippen LogP) is 3.85. The predicted molar refractivity (Wildman–Crippen MR) is 97.4 cm³/mol. The highest BCUT2D eigenvalue weighted by atomic mass is 32.1. The highest BCUT2D eigenvalue weighted by molar-refractivity contribution is 7.19. The van der Waals surface area contributed by atoms with E-state index in [0.717, 1.165) is 21.1 Å². The molecule has 0 amide bonds. The Kier molecular flexibility index (Phi) is 3.85. The molecule has 7 heteroatoms. The van der Waals surface area contributed by atoms with Gasteiger partial charge in [-0.2, -0.15) is 9.61 Å². The van der Waals surface area contributed by atoms with Gasteiger partial charge < -0.3 is 9.47 Å². The fourth-order valence-electron chi connectivity index (χ4n) is 2.69. The summed E-state index contributed by atoms with van der Waals surface area (Å²) in [6.45, 7) is 2.08. The average Bonchev–Trinajstić information content (AvgIpc) is 3.22. The Hall–Kier alpha value is -2.93. The lowest BCUT2D eigenvalue weighted by molar-refractivity contribution is 0.355. The summed E-state index contributed by atoms with van der Waals surface area (Å²) in [4.78, 5) is 0.753. The van der Waals surface area contributed by atoms with E-state index in [1.807, 2.05) is 30.3 Å². The topological polar surface area (TPSA) is 61.5 Å². The van der Waals surface area contributed by atoms with Crippen molar-refractivity contribution in [2.24, 2.45) is 0 Å². The number of nitrogens with zero attached hydrogens (tertiary/aromatic N) is 4. The zero-order valence-electron chi connectivity index (χ0n) is 14.1. The van der Waals surface area contributed by atoms with Gasteiger partial charge in [0.25, 0.3) is 0 Å². The number of hydrogen-bond acceptors (Lipinski definition) is 6. The minimum atomic E-state index is 0.645. The highest BCUT2D eigenvalue weighted by Gasteiger charge is 2.16. The molecule has 4 aromatic rings. The average molecular weight is 352 g/mol. The van der Waals surface area contributed by atoms with Crippen molar-refractivity contribution in [1.82, 2.24) is 19.8 Å². The summed E-state index contributed by atoms with van der Waals surface area (Å²) >= 11 is 1.52. The smallest absolute Gasteiger partial charge is 0.235 e. The van der Waals surface area contributed by atoms with Gasteiger partial charge in [0.15, 0.2) is 17.3 Å². The fraction of sp³-hybridized carbons (Fsp3) is 0.167. The van der Waals surface area contributed by atoms with Crippen LogP contribution in [0.5, 0.6) is 11.5 Å². The van der Waals surface area contributed by atoms with E-state index in [2.05, 4.69) is 29.3 Å². The Balaban J connectivity index is 1.83. The van der Waals surface area contributed by atoms with Crippen molar-refractivity contribution in [3.63, 3.8) is 0 Å². The molecule has 0 atom stereocenters. The standard InChI is InChI=1S/C18H16N4O2S/c1-11-6-4-5-7-13(11)17-21-22-16(19-20-18(22)25-17)12-8-9-14(23-2)15(10-12)24-3/h4-10H,1-3H3. The maximum Gasteiger partial charge on any atom is 0.235 e. The maximum absolute atomic E-state index is 5.38. The molecule has 0 unspecified atom stereocenters. The molecule has 0 aliphatic heterocycles. The number of aryl methyl sites for hydroxylation is 1. The second kappa shape index (κ2) is 6.18. The molecule has 2 aromatic heterocycles. The third-order valence-electron chi connectivity index (χ3n) is 4.01. The second-order valence-corrected chi connectivity index (χ2v) is 6.47. The molecular weight excluding hydrogens is 336 g/mol. The largest absolute Gasteiger partial charge is 0.493 e. The van der Waals surface area contributed by atoms with Crippen molar-refractivity contribution in [2.75, 3.05) is 14.2 Å². The first-order valence-electron chi connectivity index (χ1n) is 7.72. The number of ether oxygens (including phenoxy) is 2. The van der Waals surface area contributed by atoms with Crippen LogP contribution in [0.4, 0.5) is 0 Å². The minimum absolute atomic E-state index is 0.645. The van der Waals surface area contributed by atoms with Crippen LogP contribution >= 0.6 is 11.3 Å². The van der Waals surface area contributed by atoms with Crippen LogP contribution in [0.1, 0.15) is 5.56 Å². The van der Waals surface area contributed by atoms with Crippen LogP contribution in [0.3, 0.4) is 0 Å². The molecule has 6 nitrogen and oxygen atoms in total. The highest BCUT2D eigenvalue weighted by Crippen LogP contribution is 2.33. The van der Waals surface area contributed by atoms with Crippen LogP contribution < -0.4 is 9.47 Å². The zero-order chi connectivity index (χ0) is 17.4. The van der Waals surface area contributed by atoms with Crippen LogP contribution in [-0.2, 0) is 0 Å². The van der Waals surface area contributed by atoms with E-state index < -0.39 is 0 Å². The van der Waals surface area contributed by atoms with Gasteiger partial charge >= 0.3 is 0 Å². The number of fused-ring (bicyclic) bond motifs is 1. The summed E-state index contributed by atoms with van der Waals surface area (Å²) in [5, 5.41) is 14.2. The Morgan fingerprint density at radius 2 is 1.76 bits per heavy atom. The van der Waals surface area contributed by atoms with Gasteiger partial charge in [-0.1, -0.05) is 35.6 Å². The summed E-state index contributed by atoms with van der Waals surface area (Å²) < 4.78 is 12.4. The molecule has 0 radical (unpaired) electrons. The lowest BCUT2D eigenvalue weighted by Crippen LogP contribution is -1.94. The van der Waals surface area contributed by atoms with E-state index >= 15 is 0 Å². The summed E-state index contributed by atoms with van der Waals surface area (Å²) in [6.07, 6.45) is 0. The Labute approximate surface area is 148 Å². The van der Waals surface area contributed by atoms with Crippen molar-refractivity contribution in [2.45, 2.75) is 6.92 Å². The van der Waals surface area contributed by atoms with E-state index in [4.69, 9.17) is 14.6 Å². The van der Waals surface area contributed by atoms with Gasteiger partial charge in [-0.15, -0.1) is 10.2 Å². The third-order valence-corrected chi connectivity index (χ3v) is 4.94. The van der Waals surface area contributed by atoms with Crippen molar-refractivity contribution >= 4 is 16.3 Å². The molecule has 0 fully saturated rings. The van der Waals surface area contributed by atoms with Crippen molar-refractivity contribution in [3.8, 4) is 33.5 Å².